The van der Waals surface area contributed by atoms with Crippen molar-refractivity contribution in [3.05, 3.63) is 48.0 Å². The molecule has 1 aliphatic heterocycles. The summed E-state index contributed by atoms with van der Waals surface area (Å²) in [5.74, 6) is 0.491. The van der Waals surface area contributed by atoms with Crippen LogP contribution in [0.2, 0.25) is 0 Å². The predicted octanol–water partition coefficient (Wildman–Crippen LogP) is 3.92. The molecule has 24 heavy (non-hydrogen) atoms. The Morgan fingerprint density at radius 2 is 2.04 bits per heavy atom. The van der Waals surface area contributed by atoms with Gasteiger partial charge < -0.3 is 14.5 Å². The fraction of sp³-hybridized carbons (Fsp3) is 0.263. The summed E-state index contributed by atoms with van der Waals surface area (Å²) in [6.45, 7) is 2.69. The lowest BCUT2D eigenvalue weighted by Crippen LogP contribution is -2.26. The first-order chi connectivity index (χ1) is 11.7. The molecule has 0 radical (unpaired) electrons. The van der Waals surface area contributed by atoms with Gasteiger partial charge in [-0.25, -0.2) is 4.98 Å². The second kappa shape index (κ2) is 6.09. The van der Waals surface area contributed by atoms with Gasteiger partial charge in [0.1, 0.15) is 11.6 Å². The quantitative estimate of drug-likeness (QED) is 0.794. The summed E-state index contributed by atoms with van der Waals surface area (Å²) in [5, 5.41) is 2.88. The van der Waals surface area contributed by atoms with Crippen LogP contribution in [0.5, 0.6) is 0 Å². The Balaban J connectivity index is 1.53. The highest BCUT2D eigenvalue weighted by atomic mass is 16.5. The van der Waals surface area contributed by atoms with Gasteiger partial charge in [-0.15, -0.1) is 0 Å². The van der Waals surface area contributed by atoms with E-state index in [9.17, 15) is 4.79 Å². The van der Waals surface area contributed by atoms with Crippen molar-refractivity contribution in [3.8, 4) is 11.5 Å². The number of benzene rings is 2. The van der Waals surface area contributed by atoms with Gasteiger partial charge in [-0.2, -0.15) is 0 Å². The van der Waals surface area contributed by atoms with Crippen LogP contribution in [0.4, 0.5) is 5.69 Å². The van der Waals surface area contributed by atoms with Gasteiger partial charge in [0.2, 0.25) is 5.89 Å². The lowest BCUT2D eigenvalue weighted by Gasteiger charge is -2.10. The molecule has 4 rings (SSSR count). The Kier molecular flexibility index (Phi) is 3.78. The third-order valence-electron chi connectivity index (χ3n) is 4.16. The molecule has 122 valence electrons. The second-order valence-corrected chi connectivity index (χ2v) is 6.06. The van der Waals surface area contributed by atoms with Crippen molar-refractivity contribution >= 4 is 22.7 Å². The zero-order valence-corrected chi connectivity index (χ0v) is 13.4. The highest BCUT2D eigenvalue weighted by Crippen LogP contribution is 2.26. The van der Waals surface area contributed by atoms with Crippen LogP contribution >= 0.6 is 0 Å². The van der Waals surface area contributed by atoms with Crippen LogP contribution in [0.15, 0.2) is 46.9 Å². The molecule has 1 aliphatic rings. The standard InChI is InChI=1S/C19H18N2O3/c1-12-4-9-16-15(11-12)21-19(24-16)13-5-7-14(8-6-13)20-18(22)17-3-2-10-23-17/h4-9,11,17H,2-3,10H2,1H3,(H,20,22)/t17-/m0/s1. The molecule has 0 saturated carbocycles. The highest BCUT2D eigenvalue weighted by molar-refractivity contribution is 5.94. The van der Waals surface area contributed by atoms with Crippen LogP contribution in [0.3, 0.4) is 0 Å². The van der Waals surface area contributed by atoms with Crippen molar-refractivity contribution < 1.29 is 13.9 Å². The van der Waals surface area contributed by atoms with Gasteiger partial charge in [-0.3, -0.25) is 4.79 Å². The minimum absolute atomic E-state index is 0.0856. The number of ether oxygens (including phenoxy) is 1. The van der Waals surface area contributed by atoms with Gasteiger partial charge in [-0.05, 0) is 61.7 Å². The van der Waals surface area contributed by atoms with Crippen LogP contribution < -0.4 is 5.32 Å². The molecule has 5 nitrogen and oxygen atoms in total. The molecule has 2 heterocycles. The van der Waals surface area contributed by atoms with E-state index in [0.29, 0.717) is 12.5 Å². The number of carbonyl (C=O) groups is 1. The number of fused-ring (bicyclic) bond motifs is 1. The molecule has 0 unspecified atom stereocenters. The van der Waals surface area contributed by atoms with E-state index in [1.54, 1.807) is 0 Å². The fourth-order valence-corrected chi connectivity index (χ4v) is 2.86. The van der Waals surface area contributed by atoms with Crippen molar-refractivity contribution in [1.29, 1.82) is 0 Å². The predicted molar refractivity (Wildman–Crippen MR) is 91.8 cm³/mol. The average Bonchev–Trinajstić information content (AvgIpc) is 3.24. The molecule has 1 amide bonds. The fourth-order valence-electron chi connectivity index (χ4n) is 2.86. The third-order valence-corrected chi connectivity index (χ3v) is 4.16. The van der Waals surface area contributed by atoms with Crippen LogP contribution in [-0.4, -0.2) is 23.6 Å². The maximum atomic E-state index is 12.1. The maximum Gasteiger partial charge on any atom is 0.253 e. The minimum atomic E-state index is -0.329. The monoisotopic (exact) mass is 322 g/mol. The molecular formula is C19H18N2O3. The summed E-state index contributed by atoms with van der Waals surface area (Å²) in [6.07, 6.45) is 1.39. The summed E-state index contributed by atoms with van der Waals surface area (Å²) in [4.78, 5) is 16.6. The molecule has 1 N–H and O–H groups in total. The minimum Gasteiger partial charge on any atom is -0.436 e. The second-order valence-electron chi connectivity index (χ2n) is 6.06. The summed E-state index contributed by atoms with van der Waals surface area (Å²) in [7, 11) is 0. The Labute approximate surface area is 139 Å². The van der Waals surface area contributed by atoms with E-state index in [0.717, 1.165) is 40.8 Å². The van der Waals surface area contributed by atoms with Gasteiger partial charge in [0, 0.05) is 17.9 Å². The van der Waals surface area contributed by atoms with Gasteiger partial charge >= 0.3 is 0 Å². The molecule has 0 bridgehead atoms. The molecule has 0 aliphatic carbocycles. The van der Waals surface area contributed by atoms with Gasteiger partial charge in [0.05, 0.1) is 0 Å². The number of oxazole rings is 1. The van der Waals surface area contributed by atoms with Crippen LogP contribution in [-0.2, 0) is 9.53 Å². The molecule has 1 atom stereocenters. The number of nitrogens with zero attached hydrogens (tertiary/aromatic N) is 1. The van der Waals surface area contributed by atoms with Gasteiger partial charge in [0.25, 0.3) is 5.91 Å². The number of amides is 1. The molecule has 1 saturated heterocycles. The Morgan fingerprint density at radius 3 is 2.79 bits per heavy atom. The number of carbonyl (C=O) groups excluding carboxylic acids is 1. The Morgan fingerprint density at radius 1 is 1.21 bits per heavy atom. The first-order valence-electron chi connectivity index (χ1n) is 8.09. The van der Waals surface area contributed by atoms with Crippen LogP contribution in [0.1, 0.15) is 18.4 Å². The topological polar surface area (TPSA) is 64.4 Å². The smallest absolute Gasteiger partial charge is 0.253 e. The van der Waals surface area contributed by atoms with E-state index in [1.807, 2.05) is 49.4 Å². The molecule has 1 aromatic heterocycles. The van der Waals surface area contributed by atoms with E-state index in [1.165, 1.54) is 0 Å². The highest BCUT2D eigenvalue weighted by Gasteiger charge is 2.23. The van der Waals surface area contributed by atoms with E-state index < -0.39 is 0 Å². The first-order valence-corrected chi connectivity index (χ1v) is 8.09. The number of hydrogen-bond acceptors (Lipinski definition) is 4. The Hall–Kier alpha value is -2.66. The van der Waals surface area contributed by atoms with Crippen molar-refractivity contribution in [2.24, 2.45) is 0 Å². The molecular weight excluding hydrogens is 304 g/mol. The van der Waals surface area contributed by atoms with Crippen molar-refractivity contribution in [2.75, 3.05) is 11.9 Å². The van der Waals surface area contributed by atoms with Crippen LogP contribution in [0.25, 0.3) is 22.6 Å². The zero-order valence-electron chi connectivity index (χ0n) is 13.4. The molecule has 2 aromatic carbocycles. The zero-order chi connectivity index (χ0) is 16.5. The van der Waals surface area contributed by atoms with Crippen molar-refractivity contribution in [1.82, 2.24) is 4.98 Å². The molecule has 0 spiro atoms. The number of aromatic nitrogens is 1. The normalized spacial score (nSPS) is 17.3. The lowest BCUT2D eigenvalue weighted by atomic mass is 10.2. The SMILES string of the molecule is Cc1ccc2oc(-c3ccc(NC(=O)[C@@H]4CCCO4)cc3)nc2c1. The summed E-state index contributed by atoms with van der Waals surface area (Å²) >= 11 is 0. The lowest BCUT2D eigenvalue weighted by molar-refractivity contribution is -0.124. The largest absolute Gasteiger partial charge is 0.436 e. The summed E-state index contributed by atoms with van der Waals surface area (Å²) in [6, 6.07) is 13.4. The number of aryl methyl sites for hydroxylation is 1. The van der Waals surface area contributed by atoms with Gasteiger partial charge in [0.15, 0.2) is 5.58 Å². The van der Waals surface area contributed by atoms with Gasteiger partial charge in [-0.1, -0.05) is 6.07 Å². The number of rotatable bonds is 3. The summed E-state index contributed by atoms with van der Waals surface area (Å²) < 4.78 is 11.2. The van der Waals surface area contributed by atoms with Crippen LogP contribution in [0, 0.1) is 6.92 Å². The first kappa shape index (κ1) is 14.9. The number of nitrogens with one attached hydrogen (secondary N) is 1. The molecule has 5 heteroatoms. The van der Waals surface area contributed by atoms with Crippen molar-refractivity contribution in [3.63, 3.8) is 0 Å². The number of hydrogen-bond donors (Lipinski definition) is 1. The van der Waals surface area contributed by atoms with E-state index >= 15 is 0 Å². The average molecular weight is 322 g/mol. The number of anilines is 1. The third kappa shape index (κ3) is 2.90. The molecule has 3 aromatic rings. The maximum absolute atomic E-state index is 12.1. The Bertz CT molecular complexity index is 877. The summed E-state index contributed by atoms with van der Waals surface area (Å²) in [5.41, 5.74) is 4.38. The molecule has 1 fully saturated rings. The van der Waals surface area contributed by atoms with E-state index in [4.69, 9.17) is 9.15 Å². The van der Waals surface area contributed by atoms with E-state index in [2.05, 4.69) is 10.3 Å². The van der Waals surface area contributed by atoms with E-state index in [-0.39, 0.29) is 12.0 Å². The van der Waals surface area contributed by atoms with Crippen molar-refractivity contribution in [2.45, 2.75) is 25.9 Å².